The van der Waals surface area contributed by atoms with Gasteiger partial charge in [-0.15, -0.1) is 11.3 Å². The van der Waals surface area contributed by atoms with Gasteiger partial charge in [0.1, 0.15) is 41.6 Å². The van der Waals surface area contributed by atoms with Gasteiger partial charge < -0.3 is 24.8 Å². The number of halogens is 3. The molecule has 2 aromatic heterocycles. The third-order valence-electron chi connectivity index (χ3n) is 9.72. The molecule has 4 aromatic rings. The maximum absolute atomic E-state index is 16.1. The van der Waals surface area contributed by atoms with Gasteiger partial charge in [-0.1, -0.05) is 12.6 Å². The SMILES string of the molecule is C=CC(=O)N1CC[C@@H](Oc2nc(OC[C@@]34CCCN3C[C@H](F)C4)nc3cc(-c4ccc(F)c5sc(N)c(C#N)c45)c(F)cc23)[C@H]1COC. The Morgan fingerprint density at radius 3 is 2.85 bits per heavy atom. The van der Waals surface area contributed by atoms with Crippen LogP contribution in [0.1, 0.15) is 31.2 Å². The summed E-state index contributed by atoms with van der Waals surface area (Å²) in [4.78, 5) is 25.5. The summed E-state index contributed by atoms with van der Waals surface area (Å²) in [6, 6.07) is 6.84. The van der Waals surface area contributed by atoms with Crippen molar-refractivity contribution >= 4 is 43.2 Å². The number of anilines is 1. The van der Waals surface area contributed by atoms with Crippen molar-refractivity contribution in [2.75, 3.05) is 45.7 Å². The number of carbonyl (C=O) groups excluding carboxylic acids is 1. The van der Waals surface area contributed by atoms with Crippen molar-refractivity contribution in [1.29, 1.82) is 5.26 Å². The van der Waals surface area contributed by atoms with Crippen LogP contribution in [0, 0.1) is 23.0 Å². The number of alkyl halides is 1. The smallest absolute Gasteiger partial charge is 0.320 e. The first-order valence-corrected chi connectivity index (χ1v) is 16.5. The van der Waals surface area contributed by atoms with Crippen molar-refractivity contribution in [3.8, 4) is 29.1 Å². The maximum atomic E-state index is 16.1. The van der Waals surface area contributed by atoms with Crippen LogP contribution < -0.4 is 15.2 Å². The van der Waals surface area contributed by atoms with E-state index in [0.29, 0.717) is 25.9 Å². The molecule has 4 atom stereocenters. The van der Waals surface area contributed by atoms with Gasteiger partial charge in [-0.3, -0.25) is 9.69 Å². The molecule has 1 amide bonds. The summed E-state index contributed by atoms with van der Waals surface area (Å²) in [5.41, 5.74) is 6.23. The van der Waals surface area contributed by atoms with Crippen LogP contribution in [0.25, 0.3) is 32.1 Å². The molecule has 3 fully saturated rings. The molecule has 2 N–H and O–H groups in total. The zero-order valence-corrected chi connectivity index (χ0v) is 27.0. The van der Waals surface area contributed by atoms with Crippen molar-refractivity contribution in [2.24, 2.45) is 0 Å². The summed E-state index contributed by atoms with van der Waals surface area (Å²) in [5.74, 6) is -1.49. The number of amides is 1. The van der Waals surface area contributed by atoms with Gasteiger partial charge in [0.15, 0.2) is 0 Å². The number of nitrogens with two attached hydrogens (primary N) is 1. The van der Waals surface area contributed by atoms with E-state index < -0.39 is 35.5 Å². The number of thiophene rings is 1. The first-order chi connectivity index (χ1) is 23.2. The number of nitrogen functional groups attached to an aromatic ring is 1. The first kappa shape index (κ1) is 32.1. The van der Waals surface area contributed by atoms with Crippen LogP contribution in [0.3, 0.4) is 0 Å². The normalized spacial score (nSPS) is 23.9. The van der Waals surface area contributed by atoms with Gasteiger partial charge in [0.25, 0.3) is 0 Å². The van der Waals surface area contributed by atoms with Crippen LogP contribution in [0.15, 0.2) is 36.9 Å². The van der Waals surface area contributed by atoms with Crippen molar-refractivity contribution < 1.29 is 32.2 Å². The average Bonchev–Trinajstić information content (AvgIpc) is 3.81. The van der Waals surface area contributed by atoms with E-state index in [2.05, 4.69) is 21.4 Å². The van der Waals surface area contributed by atoms with Crippen LogP contribution in [0.4, 0.5) is 18.2 Å². The van der Waals surface area contributed by atoms with Gasteiger partial charge in [0.2, 0.25) is 11.8 Å². The Bertz CT molecular complexity index is 1980. The van der Waals surface area contributed by atoms with Crippen LogP contribution in [0.2, 0.25) is 0 Å². The minimum absolute atomic E-state index is 0.0387. The number of nitrogens with zero attached hydrogens (tertiary/aromatic N) is 5. The molecule has 0 bridgehead atoms. The van der Waals surface area contributed by atoms with E-state index in [0.717, 1.165) is 30.7 Å². The minimum Gasteiger partial charge on any atom is -0.471 e. The molecule has 0 aliphatic carbocycles. The molecule has 250 valence electrons. The highest BCUT2D eigenvalue weighted by Gasteiger charge is 2.49. The fraction of sp³-hybridized carbons (Fsp3) is 0.412. The molecular formula is C34H33F3N6O4S. The Balaban J connectivity index is 1.33. The largest absolute Gasteiger partial charge is 0.471 e. The number of aromatic nitrogens is 2. The number of hydrogen-bond acceptors (Lipinski definition) is 10. The molecule has 0 unspecified atom stereocenters. The zero-order chi connectivity index (χ0) is 33.7. The van der Waals surface area contributed by atoms with Crippen LogP contribution in [-0.2, 0) is 9.53 Å². The van der Waals surface area contributed by atoms with Crippen molar-refractivity contribution in [3.05, 3.63) is 54.1 Å². The van der Waals surface area contributed by atoms with E-state index in [1.54, 1.807) is 4.90 Å². The average molecular weight is 679 g/mol. The number of rotatable bonds is 9. The Morgan fingerprint density at radius 2 is 2.08 bits per heavy atom. The zero-order valence-electron chi connectivity index (χ0n) is 26.2. The van der Waals surface area contributed by atoms with Gasteiger partial charge in [-0.05, 0) is 49.2 Å². The fourth-order valence-electron chi connectivity index (χ4n) is 7.50. The summed E-state index contributed by atoms with van der Waals surface area (Å²) < 4.78 is 63.6. The molecular weight excluding hydrogens is 645 g/mol. The lowest BCUT2D eigenvalue weighted by Crippen LogP contribution is -2.44. The maximum Gasteiger partial charge on any atom is 0.320 e. The fourth-order valence-corrected chi connectivity index (χ4v) is 8.45. The highest BCUT2D eigenvalue weighted by molar-refractivity contribution is 7.23. The molecule has 0 saturated carbocycles. The number of fused-ring (bicyclic) bond motifs is 3. The Kier molecular flexibility index (Phi) is 8.39. The van der Waals surface area contributed by atoms with Gasteiger partial charge >= 0.3 is 6.01 Å². The predicted molar refractivity (Wildman–Crippen MR) is 175 cm³/mol. The number of likely N-dealkylation sites (tertiary alicyclic amines) is 1. The van der Waals surface area contributed by atoms with Crippen LogP contribution >= 0.6 is 11.3 Å². The van der Waals surface area contributed by atoms with E-state index in [1.165, 1.54) is 37.5 Å². The number of carbonyl (C=O) groups is 1. The molecule has 7 rings (SSSR count). The van der Waals surface area contributed by atoms with E-state index >= 15 is 4.39 Å². The van der Waals surface area contributed by atoms with Gasteiger partial charge in [-0.25, -0.2) is 13.2 Å². The van der Waals surface area contributed by atoms with Gasteiger partial charge in [0.05, 0.1) is 39.4 Å². The first-order valence-electron chi connectivity index (χ1n) is 15.7. The summed E-state index contributed by atoms with van der Waals surface area (Å²) in [6.07, 6.45) is 2.23. The molecule has 3 aliphatic heterocycles. The van der Waals surface area contributed by atoms with Crippen molar-refractivity contribution in [1.82, 2.24) is 19.8 Å². The number of nitriles is 1. The Labute approximate surface area is 278 Å². The highest BCUT2D eigenvalue weighted by Crippen LogP contribution is 2.44. The van der Waals surface area contributed by atoms with Gasteiger partial charge in [-0.2, -0.15) is 15.2 Å². The quantitative estimate of drug-likeness (QED) is 0.232. The third-order valence-corrected chi connectivity index (χ3v) is 10.7. The van der Waals surface area contributed by atoms with E-state index in [-0.39, 0.29) is 73.7 Å². The van der Waals surface area contributed by atoms with Gasteiger partial charge in [0, 0.05) is 44.0 Å². The summed E-state index contributed by atoms with van der Waals surface area (Å²) >= 11 is 0.922. The molecule has 0 radical (unpaired) electrons. The van der Waals surface area contributed by atoms with Crippen molar-refractivity contribution in [2.45, 2.75) is 49.5 Å². The molecule has 48 heavy (non-hydrogen) atoms. The number of methoxy groups -OCH3 is 1. The minimum atomic E-state index is -0.950. The molecule has 0 spiro atoms. The summed E-state index contributed by atoms with van der Waals surface area (Å²) in [5, 5.41) is 10.4. The predicted octanol–water partition coefficient (Wildman–Crippen LogP) is 5.38. The molecule has 14 heteroatoms. The van der Waals surface area contributed by atoms with Crippen LogP contribution in [0.5, 0.6) is 11.9 Å². The molecule has 10 nitrogen and oxygen atoms in total. The van der Waals surface area contributed by atoms with E-state index in [4.69, 9.17) is 19.9 Å². The Hall–Kier alpha value is -4.45. The third kappa shape index (κ3) is 5.39. The lowest BCUT2D eigenvalue weighted by atomic mass is 9.95. The molecule has 3 saturated heterocycles. The number of hydrogen-bond donors (Lipinski definition) is 1. The van der Waals surface area contributed by atoms with Crippen LogP contribution in [-0.4, -0.2) is 89.5 Å². The second-order valence-electron chi connectivity index (χ2n) is 12.5. The lowest BCUT2D eigenvalue weighted by Gasteiger charge is -2.31. The molecule has 5 heterocycles. The topological polar surface area (TPSA) is 127 Å². The monoisotopic (exact) mass is 678 g/mol. The standard InChI is InChI=1S/C34H33F3N6O4S/c1-3-28(44)43-10-7-27(26(43)16-45-2)47-32-21-11-24(37)20(19-5-6-23(36)30-29(19)22(14-38)31(39)48-30)12-25(21)40-33(41-32)46-17-34-8-4-9-42(34)15-18(35)13-34/h3,5-6,11-12,18,26-27H,1,4,7-10,13,15-17,39H2,2H3/t18-,26-,27-,34+/m1/s1. The summed E-state index contributed by atoms with van der Waals surface area (Å²) in [6.45, 7) is 5.46. The van der Waals surface area contributed by atoms with Crippen molar-refractivity contribution in [3.63, 3.8) is 0 Å². The lowest BCUT2D eigenvalue weighted by molar-refractivity contribution is -0.128. The second-order valence-corrected chi connectivity index (χ2v) is 13.5. The Morgan fingerprint density at radius 1 is 1.25 bits per heavy atom. The molecule has 3 aliphatic rings. The molecule has 2 aromatic carbocycles. The summed E-state index contributed by atoms with van der Waals surface area (Å²) in [7, 11) is 1.52. The number of ether oxygens (including phenoxy) is 3. The van der Waals surface area contributed by atoms with E-state index in [1.807, 2.05) is 6.07 Å². The second kappa shape index (κ2) is 12.5. The number of benzene rings is 2. The highest BCUT2D eigenvalue weighted by atomic mass is 32.1. The van der Waals surface area contributed by atoms with E-state index in [9.17, 15) is 18.8 Å².